The zero-order chi connectivity index (χ0) is 15.2. The lowest BCUT2D eigenvalue weighted by atomic mass is 10.2. The highest BCUT2D eigenvalue weighted by atomic mass is 16.5. The number of nitrogens with one attached hydrogen (secondary N) is 2. The highest BCUT2D eigenvalue weighted by molar-refractivity contribution is 5.89. The van der Waals surface area contributed by atoms with Crippen molar-refractivity contribution in [2.75, 3.05) is 19.0 Å². The van der Waals surface area contributed by atoms with Gasteiger partial charge in [0.05, 0.1) is 13.2 Å². The Balaban J connectivity index is 1.76. The van der Waals surface area contributed by atoms with E-state index in [-0.39, 0.29) is 18.7 Å². The van der Waals surface area contributed by atoms with Gasteiger partial charge in [-0.2, -0.15) is 0 Å². The van der Waals surface area contributed by atoms with Crippen LogP contribution in [0.5, 0.6) is 5.75 Å². The van der Waals surface area contributed by atoms with Crippen LogP contribution in [0.15, 0.2) is 24.3 Å². The molecule has 21 heavy (non-hydrogen) atoms. The quantitative estimate of drug-likeness (QED) is 0.763. The molecule has 2 unspecified atom stereocenters. The Morgan fingerprint density at radius 3 is 2.90 bits per heavy atom. The van der Waals surface area contributed by atoms with Crippen LogP contribution in [0.1, 0.15) is 12.8 Å². The molecule has 0 spiro atoms. The first-order valence-electron chi connectivity index (χ1n) is 6.65. The standard InChI is InChI=1S/C14H18N2O5/c1-20-10-4-2-3-9(7-10)16-14(19)15-8-11-5-6-12(21-11)13(17)18/h2-4,7,11-12H,5-6,8H2,1H3,(H,17,18)(H2,15,16,19). The predicted molar refractivity (Wildman–Crippen MR) is 75.5 cm³/mol. The molecular weight excluding hydrogens is 276 g/mol. The summed E-state index contributed by atoms with van der Waals surface area (Å²) in [5.74, 6) is -0.311. The molecule has 2 amide bonds. The fourth-order valence-corrected chi connectivity index (χ4v) is 2.12. The number of methoxy groups -OCH3 is 1. The van der Waals surface area contributed by atoms with Gasteiger partial charge in [-0.25, -0.2) is 9.59 Å². The minimum Gasteiger partial charge on any atom is -0.497 e. The van der Waals surface area contributed by atoms with Crippen LogP contribution in [0.4, 0.5) is 10.5 Å². The fraction of sp³-hybridized carbons (Fsp3) is 0.429. The third-order valence-electron chi connectivity index (χ3n) is 3.20. The van der Waals surface area contributed by atoms with Crippen LogP contribution in [0.25, 0.3) is 0 Å². The Kier molecular flexibility index (Phi) is 4.99. The van der Waals surface area contributed by atoms with E-state index in [4.69, 9.17) is 14.6 Å². The van der Waals surface area contributed by atoms with Gasteiger partial charge in [-0.15, -0.1) is 0 Å². The molecule has 0 saturated carbocycles. The number of ether oxygens (including phenoxy) is 2. The maximum absolute atomic E-state index is 11.7. The first kappa shape index (κ1) is 15.1. The van der Waals surface area contributed by atoms with Crippen molar-refractivity contribution in [1.29, 1.82) is 0 Å². The minimum absolute atomic E-state index is 0.262. The molecule has 1 saturated heterocycles. The van der Waals surface area contributed by atoms with Crippen molar-refractivity contribution in [1.82, 2.24) is 5.32 Å². The van der Waals surface area contributed by atoms with Gasteiger partial charge >= 0.3 is 12.0 Å². The topological polar surface area (TPSA) is 96.9 Å². The highest BCUT2D eigenvalue weighted by Gasteiger charge is 2.30. The second-order valence-corrected chi connectivity index (χ2v) is 4.73. The van der Waals surface area contributed by atoms with Gasteiger partial charge in [0, 0.05) is 18.3 Å². The predicted octanol–water partition coefficient (Wildman–Crippen LogP) is 1.45. The van der Waals surface area contributed by atoms with Crippen molar-refractivity contribution in [2.24, 2.45) is 0 Å². The van der Waals surface area contributed by atoms with Gasteiger partial charge in [-0.05, 0) is 25.0 Å². The van der Waals surface area contributed by atoms with Gasteiger partial charge in [0.2, 0.25) is 0 Å². The second kappa shape index (κ2) is 6.94. The molecule has 0 radical (unpaired) electrons. The molecule has 1 aromatic rings. The number of aliphatic carboxylic acids is 1. The van der Waals surface area contributed by atoms with Crippen LogP contribution < -0.4 is 15.4 Å². The van der Waals surface area contributed by atoms with Crippen LogP contribution in [0, 0.1) is 0 Å². The third kappa shape index (κ3) is 4.35. The van der Waals surface area contributed by atoms with Crippen molar-refractivity contribution in [2.45, 2.75) is 25.0 Å². The van der Waals surface area contributed by atoms with E-state index in [1.807, 2.05) is 0 Å². The van der Waals surface area contributed by atoms with Crippen LogP contribution >= 0.6 is 0 Å². The average Bonchev–Trinajstić information content (AvgIpc) is 2.94. The number of carbonyl (C=O) groups excluding carboxylic acids is 1. The van der Waals surface area contributed by atoms with Gasteiger partial charge in [0.1, 0.15) is 5.75 Å². The smallest absolute Gasteiger partial charge is 0.332 e. The Morgan fingerprint density at radius 1 is 1.43 bits per heavy atom. The van der Waals surface area contributed by atoms with Crippen molar-refractivity contribution >= 4 is 17.7 Å². The molecule has 2 rings (SSSR count). The SMILES string of the molecule is COc1cccc(NC(=O)NCC2CCC(C(=O)O)O2)c1. The second-order valence-electron chi connectivity index (χ2n) is 4.73. The first-order chi connectivity index (χ1) is 10.1. The summed E-state index contributed by atoms with van der Waals surface area (Å²) in [4.78, 5) is 22.5. The molecule has 3 N–H and O–H groups in total. The normalized spacial score (nSPS) is 20.8. The number of anilines is 1. The molecule has 0 aliphatic carbocycles. The Morgan fingerprint density at radius 2 is 2.24 bits per heavy atom. The molecule has 1 aromatic carbocycles. The molecule has 0 bridgehead atoms. The Labute approximate surface area is 122 Å². The lowest BCUT2D eigenvalue weighted by Crippen LogP contribution is -2.35. The van der Waals surface area contributed by atoms with Crippen LogP contribution in [-0.4, -0.2) is 43.0 Å². The average molecular weight is 294 g/mol. The number of hydrogen-bond acceptors (Lipinski definition) is 4. The van der Waals surface area contributed by atoms with Crippen LogP contribution in [0.2, 0.25) is 0 Å². The minimum atomic E-state index is -0.960. The maximum Gasteiger partial charge on any atom is 0.332 e. The summed E-state index contributed by atoms with van der Waals surface area (Å²) in [5, 5.41) is 14.1. The summed E-state index contributed by atoms with van der Waals surface area (Å²) in [7, 11) is 1.55. The largest absolute Gasteiger partial charge is 0.497 e. The van der Waals surface area contributed by atoms with Crippen LogP contribution in [-0.2, 0) is 9.53 Å². The molecule has 1 heterocycles. The number of urea groups is 1. The van der Waals surface area contributed by atoms with E-state index in [9.17, 15) is 9.59 Å². The number of benzene rings is 1. The highest BCUT2D eigenvalue weighted by Crippen LogP contribution is 2.19. The van der Waals surface area contributed by atoms with E-state index in [1.54, 1.807) is 31.4 Å². The van der Waals surface area contributed by atoms with Gasteiger partial charge in [-0.3, -0.25) is 0 Å². The summed E-state index contributed by atoms with van der Waals surface area (Å²) in [6.07, 6.45) is 0.0654. The number of carbonyl (C=O) groups is 2. The number of carboxylic acid groups (broad SMARTS) is 1. The van der Waals surface area contributed by atoms with Gasteiger partial charge in [0.15, 0.2) is 6.10 Å². The molecule has 2 atom stereocenters. The van der Waals surface area contributed by atoms with Crippen molar-refractivity contribution in [3.63, 3.8) is 0 Å². The summed E-state index contributed by atoms with van der Waals surface area (Å²) in [6, 6.07) is 6.62. The Bertz CT molecular complexity index is 520. The van der Waals surface area contributed by atoms with E-state index >= 15 is 0 Å². The summed E-state index contributed by atoms with van der Waals surface area (Å²) in [5.41, 5.74) is 0.614. The molecule has 7 nitrogen and oxygen atoms in total. The number of hydrogen-bond donors (Lipinski definition) is 3. The number of carboxylic acids is 1. The van der Waals surface area contributed by atoms with Crippen molar-refractivity contribution in [3.05, 3.63) is 24.3 Å². The van der Waals surface area contributed by atoms with E-state index < -0.39 is 12.1 Å². The number of amides is 2. The molecule has 7 heteroatoms. The van der Waals surface area contributed by atoms with Crippen LogP contribution in [0.3, 0.4) is 0 Å². The first-order valence-corrected chi connectivity index (χ1v) is 6.65. The summed E-state index contributed by atoms with van der Waals surface area (Å²) >= 11 is 0. The zero-order valence-electron chi connectivity index (χ0n) is 11.7. The van der Waals surface area contributed by atoms with E-state index in [2.05, 4.69) is 10.6 Å². The monoisotopic (exact) mass is 294 g/mol. The van der Waals surface area contributed by atoms with Crippen molar-refractivity contribution < 1.29 is 24.2 Å². The molecule has 1 aliphatic heterocycles. The molecular formula is C14H18N2O5. The Hall–Kier alpha value is -2.28. The summed E-state index contributed by atoms with van der Waals surface area (Å²) in [6.45, 7) is 0.277. The van der Waals surface area contributed by atoms with E-state index in [0.29, 0.717) is 24.3 Å². The van der Waals surface area contributed by atoms with E-state index in [1.165, 1.54) is 0 Å². The lowest BCUT2D eigenvalue weighted by Gasteiger charge is -2.13. The molecule has 114 valence electrons. The maximum atomic E-state index is 11.7. The summed E-state index contributed by atoms with van der Waals surface area (Å²) < 4.78 is 10.4. The zero-order valence-corrected chi connectivity index (χ0v) is 11.7. The van der Waals surface area contributed by atoms with Crippen molar-refractivity contribution in [3.8, 4) is 5.75 Å². The van der Waals surface area contributed by atoms with Gasteiger partial charge in [-0.1, -0.05) is 6.07 Å². The lowest BCUT2D eigenvalue weighted by molar-refractivity contribution is -0.149. The van der Waals surface area contributed by atoms with Gasteiger partial charge in [0.25, 0.3) is 0 Å². The molecule has 0 aromatic heterocycles. The molecule has 1 aliphatic rings. The third-order valence-corrected chi connectivity index (χ3v) is 3.20. The fourth-order valence-electron chi connectivity index (χ4n) is 2.12. The number of rotatable bonds is 5. The molecule has 1 fully saturated rings. The van der Waals surface area contributed by atoms with Gasteiger partial charge < -0.3 is 25.2 Å². The van der Waals surface area contributed by atoms with E-state index in [0.717, 1.165) is 0 Å².